The molecule has 0 bridgehead atoms. The molecule has 1 heterocycles. The van der Waals surface area contributed by atoms with Crippen LogP contribution in [0.1, 0.15) is 30.9 Å². The lowest BCUT2D eigenvalue weighted by atomic mass is 10.0. The van der Waals surface area contributed by atoms with Crippen LogP contribution >= 0.6 is 0 Å². The van der Waals surface area contributed by atoms with E-state index in [2.05, 4.69) is 55.1 Å². The summed E-state index contributed by atoms with van der Waals surface area (Å²) in [6.45, 7) is 7.52. The first-order valence-corrected chi connectivity index (χ1v) is 9.53. The van der Waals surface area contributed by atoms with Gasteiger partial charge in [-0.25, -0.2) is 0 Å². The molecule has 2 aromatic rings. The van der Waals surface area contributed by atoms with E-state index in [1.165, 1.54) is 11.3 Å². The second-order valence-electron chi connectivity index (χ2n) is 7.17. The standard InChI is InChI=1S/C23H28N2O2/c1-18(2)20-7-4-19(5-8-20)6-13-23(26)25-16-14-24(15-17-25)21-9-11-22(27-3)12-10-21/h4-13,18H,14-17H2,1-3H3/b13-6+. The normalized spacial score (nSPS) is 14.8. The van der Waals surface area contributed by atoms with Crippen molar-refractivity contribution in [1.82, 2.24) is 4.90 Å². The Kier molecular flexibility index (Phi) is 6.17. The third-order valence-electron chi connectivity index (χ3n) is 5.05. The summed E-state index contributed by atoms with van der Waals surface area (Å²) in [5.41, 5.74) is 3.54. The Bertz CT molecular complexity index is 771. The van der Waals surface area contributed by atoms with Crippen LogP contribution in [0.5, 0.6) is 5.75 Å². The van der Waals surface area contributed by atoms with Crippen molar-refractivity contribution in [2.45, 2.75) is 19.8 Å². The van der Waals surface area contributed by atoms with Gasteiger partial charge >= 0.3 is 0 Å². The summed E-state index contributed by atoms with van der Waals surface area (Å²) in [7, 11) is 1.67. The summed E-state index contributed by atoms with van der Waals surface area (Å²) < 4.78 is 5.21. The van der Waals surface area contributed by atoms with E-state index in [1.54, 1.807) is 13.2 Å². The van der Waals surface area contributed by atoms with Crippen LogP contribution in [0.3, 0.4) is 0 Å². The van der Waals surface area contributed by atoms with Gasteiger partial charge in [0.25, 0.3) is 0 Å². The predicted octanol–water partition coefficient (Wildman–Crippen LogP) is 4.18. The highest BCUT2D eigenvalue weighted by Gasteiger charge is 2.19. The van der Waals surface area contributed by atoms with Crippen molar-refractivity contribution in [1.29, 1.82) is 0 Å². The fourth-order valence-corrected chi connectivity index (χ4v) is 3.24. The molecular formula is C23H28N2O2. The first kappa shape index (κ1) is 19.0. The highest BCUT2D eigenvalue weighted by molar-refractivity contribution is 5.92. The molecule has 142 valence electrons. The van der Waals surface area contributed by atoms with Gasteiger partial charge in [0, 0.05) is 37.9 Å². The number of anilines is 1. The van der Waals surface area contributed by atoms with Crippen molar-refractivity contribution in [3.8, 4) is 5.75 Å². The topological polar surface area (TPSA) is 32.8 Å². The van der Waals surface area contributed by atoms with Gasteiger partial charge in [-0.1, -0.05) is 38.1 Å². The number of amides is 1. The van der Waals surface area contributed by atoms with Gasteiger partial charge < -0.3 is 14.5 Å². The van der Waals surface area contributed by atoms with Gasteiger partial charge in [0.1, 0.15) is 5.75 Å². The van der Waals surface area contributed by atoms with E-state index in [9.17, 15) is 4.79 Å². The summed E-state index contributed by atoms with van der Waals surface area (Å²) >= 11 is 0. The molecule has 0 unspecified atom stereocenters. The molecule has 0 saturated carbocycles. The fraction of sp³-hybridized carbons (Fsp3) is 0.348. The number of hydrogen-bond acceptors (Lipinski definition) is 3. The average Bonchev–Trinajstić information content (AvgIpc) is 2.72. The number of piperazine rings is 1. The molecule has 27 heavy (non-hydrogen) atoms. The molecular weight excluding hydrogens is 336 g/mol. The van der Waals surface area contributed by atoms with E-state index in [1.807, 2.05) is 23.1 Å². The Morgan fingerprint density at radius 1 is 0.963 bits per heavy atom. The highest BCUT2D eigenvalue weighted by atomic mass is 16.5. The highest BCUT2D eigenvalue weighted by Crippen LogP contribution is 2.21. The number of benzene rings is 2. The van der Waals surface area contributed by atoms with Crippen LogP contribution in [0, 0.1) is 0 Å². The van der Waals surface area contributed by atoms with Crippen molar-refractivity contribution in [2.75, 3.05) is 38.2 Å². The minimum atomic E-state index is 0.0808. The van der Waals surface area contributed by atoms with Gasteiger partial charge in [0.15, 0.2) is 0 Å². The molecule has 0 spiro atoms. The van der Waals surface area contributed by atoms with Gasteiger partial charge in [-0.15, -0.1) is 0 Å². The lowest BCUT2D eigenvalue weighted by Crippen LogP contribution is -2.48. The lowest BCUT2D eigenvalue weighted by molar-refractivity contribution is -0.126. The summed E-state index contributed by atoms with van der Waals surface area (Å²) in [6, 6.07) is 16.5. The number of carbonyl (C=O) groups is 1. The summed E-state index contributed by atoms with van der Waals surface area (Å²) in [5, 5.41) is 0. The Morgan fingerprint density at radius 3 is 2.15 bits per heavy atom. The first-order valence-electron chi connectivity index (χ1n) is 9.53. The second-order valence-corrected chi connectivity index (χ2v) is 7.17. The van der Waals surface area contributed by atoms with E-state index in [0.29, 0.717) is 5.92 Å². The SMILES string of the molecule is COc1ccc(N2CCN(C(=O)/C=C/c3ccc(C(C)C)cc3)CC2)cc1. The maximum Gasteiger partial charge on any atom is 0.246 e. The molecule has 4 nitrogen and oxygen atoms in total. The van der Waals surface area contributed by atoms with Crippen LogP contribution in [0.4, 0.5) is 5.69 Å². The van der Waals surface area contributed by atoms with E-state index < -0.39 is 0 Å². The molecule has 0 aromatic heterocycles. The van der Waals surface area contributed by atoms with Gasteiger partial charge in [0.05, 0.1) is 7.11 Å². The number of rotatable bonds is 5. The van der Waals surface area contributed by atoms with Crippen LogP contribution in [0.15, 0.2) is 54.6 Å². The van der Waals surface area contributed by atoms with Crippen molar-refractivity contribution in [3.05, 3.63) is 65.7 Å². The quantitative estimate of drug-likeness (QED) is 0.746. The number of nitrogens with zero attached hydrogens (tertiary/aromatic N) is 2. The molecule has 4 heteroatoms. The van der Waals surface area contributed by atoms with Crippen molar-refractivity contribution in [3.63, 3.8) is 0 Å². The van der Waals surface area contributed by atoms with E-state index in [-0.39, 0.29) is 5.91 Å². The van der Waals surface area contributed by atoms with Gasteiger partial charge in [-0.05, 0) is 47.4 Å². The number of methoxy groups -OCH3 is 1. The Hall–Kier alpha value is -2.75. The molecule has 1 aliphatic rings. The largest absolute Gasteiger partial charge is 0.497 e. The molecule has 3 rings (SSSR count). The average molecular weight is 364 g/mol. The maximum absolute atomic E-state index is 12.5. The molecule has 1 fully saturated rings. The predicted molar refractivity (Wildman–Crippen MR) is 111 cm³/mol. The summed E-state index contributed by atoms with van der Waals surface area (Å²) in [6.07, 6.45) is 3.59. The van der Waals surface area contributed by atoms with Gasteiger partial charge in [-0.2, -0.15) is 0 Å². The molecule has 0 aliphatic carbocycles. The van der Waals surface area contributed by atoms with E-state index in [0.717, 1.165) is 37.5 Å². The van der Waals surface area contributed by atoms with E-state index in [4.69, 9.17) is 4.74 Å². The summed E-state index contributed by atoms with van der Waals surface area (Å²) in [4.78, 5) is 16.7. The fourth-order valence-electron chi connectivity index (χ4n) is 3.24. The minimum absolute atomic E-state index is 0.0808. The van der Waals surface area contributed by atoms with Gasteiger partial charge in [0.2, 0.25) is 5.91 Å². The van der Waals surface area contributed by atoms with Crippen LogP contribution in [0.2, 0.25) is 0 Å². The van der Waals surface area contributed by atoms with Crippen molar-refractivity contribution >= 4 is 17.7 Å². The molecule has 1 aliphatic heterocycles. The van der Waals surface area contributed by atoms with Crippen molar-refractivity contribution in [2.24, 2.45) is 0 Å². The summed E-state index contributed by atoms with van der Waals surface area (Å²) in [5.74, 6) is 1.46. The number of ether oxygens (including phenoxy) is 1. The smallest absolute Gasteiger partial charge is 0.246 e. The van der Waals surface area contributed by atoms with Crippen molar-refractivity contribution < 1.29 is 9.53 Å². The zero-order valence-electron chi connectivity index (χ0n) is 16.4. The van der Waals surface area contributed by atoms with E-state index >= 15 is 0 Å². The minimum Gasteiger partial charge on any atom is -0.497 e. The monoisotopic (exact) mass is 364 g/mol. The number of carbonyl (C=O) groups excluding carboxylic acids is 1. The molecule has 0 radical (unpaired) electrons. The third kappa shape index (κ3) is 4.91. The Balaban J connectivity index is 1.53. The second kappa shape index (κ2) is 8.76. The molecule has 0 N–H and O–H groups in total. The first-order chi connectivity index (χ1) is 13.1. The van der Waals surface area contributed by atoms with Crippen LogP contribution in [0.25, 0.3) is 6.08 Å². The lowest BCUT2D eigenvalue weighted by Gasteiger charge is -2.35. The maximum atomic E-state index is 12.5. The molecule has 2 aromatic carbocycles. The molecule has 1 saturated heterocycles. The Labute approximate surface area is 162 Å². The van der Waals surface area contributed by atoms with Crippen LogP contribution < -0.4 is 9.64 Å². The van der Waals surface area contributed by atoms with Gasteiger partial charge in [-0.3, -0.25) is 4.79 Å². The Morgan fingerprint density at radius 2 is 1.59 bits per heavy atom. The number of hydrogen-bond donors (Lipinski definition) is 0. The van der Waals surface area contributed by atoms with Crippen LogP contribution in [-0.4, -0.2) is 44.1 Å². The molecule has 0 atom stereocenters. The zero-order valence-corrected chi connectivity index (χ0v) is 16.4. The molecule has 1 amide bonds. The van der Waals surface area contributed by atoms with Crippen LogP contribution in [-0.2, 0) is 4.79 Å². The zero-order chi connectivity index (χ0) is 19.2. The third-order valence-corrected chi connectivity index (χ3v) is 5.05.